The Morgan fingerprint density at radius 1 is 1.17 bits per heavy atom. The van der Waals surface area contributed by atoms with Gasteiger partial charge in [0, 0.05) is 13.2 Å². The highest BCUT2D eigenvalue weighted by atomic mass is 16.7. The summed E-state index contributed by atoms with van der Waals surface area (Å²) in [5.74, 6) is 0. The van der Waals surface area contributed by atoms with Crippen molar-refractivity contribution in [2.75, 3.05) is 13.2 Å². The largest absolute Gasteiger partial charge is 0.451 e. The molecule has 0 atom stereocenters. The second kappa shape index (κ2) is 7.55. The summed E-state index contributed by atoms with van der Waals surface area (Å²) in [6.07, 6.45) is 0.492. The monoisotopic (exact) mass is 176 g/mol. The average molecular weight is 176 g/mol. The van der Waals surface area contributed by atoms with Gasteiger partial charge >= 0.3 is 7.12 Å². The lowest BCUT2D eigenvalue weighted by molar-refractivity contribution is -0.137. The molecule has 72 valence electrons. The van der Waals surface area contributed by atoms with Gasteiger partial charge in [-0.25, -0.2) is 0 Å². The maximum Gasteiger partial charge on any atom is 0.451 e. The fraction of sp³-hybridized carbons (Fsp3) is 1.00. The molecular weight excluding hydrogens is 159 g/mol. The fourth-order valence-corrected chi connectivity index (χ4v) is 0.872. The summed E-state index contributed by atoms with van der Waals surface area (Å²) >= 11 is 0. The zero-order chi connectivity index (χ0) is 9.40. The quantitative estimate of drug-likeness (QED) is 0.431. The summed E-state index contributed by atoms with van der Waals surface area (Å²) in [7, 11) is -1.27. The van der Waals surface area contributed by atoms with Crippen LogP contribution >= 0.6 is 0 Å². The molecule has 0 aliphatic carbocycles. The van der Waals surface area contributed by atoms with Crippen LogP contribution in [0.3, 0.4) is 0 Å². The van der Waals surface area contributed by atoms with Crippen molar-refractivity contribution in [3.05, 3.63) is 0 Å². The highest BCUT2D eigenvalue weighted by molar-refractivity contribution is 6.40. The molecule has 0 heterocycles. The van der Waals surface area contributed by atoms with E-state index < -0.39 is 7.12 Å². The maximum atomic E-state index is 8.58. The predicted octanol–water partition coefficient (Wildman–Crippen LogP) is 0.248. The van der Waals surface area contributed by atoms with Crippen LogP contribution in [0.25, 0.3) is 0 Å². The second-order valence-electron chi connectivity index (χ2n) is 2.40. The Bertz CT molecular complexity index is 93.4. The molecule has 0 amide bonds. The van der Waals surface area contributed by atoms with E-state index in [2.05, 4.69) is 0 Å². The molecule has 0 aromatic heterocycles. The van der Waals surface area contributed by atoms with Gasteiger partial charge in [-0.15, -0.1) is 0 Å². The third-order valence-electron chi connectivity index (χ3n) is 1.37. The summed E-state index contributed by atoms with van der Waals surface area (Å²) in [5, 5.41) is 17.2. The molecule has 4 nitrogen and oxygen atoms in total. The number of hydrogen-bond donors (Lipinski definition) is 2. The molecule has 0 rings (SSSR count). The lowest BCUT2D eigenvalue weighted by Crippen LogP contribution is -2.21. The molecule has 0 radical (unpaired) electrons. The minimum Gasteiger partial charge on any atom is -0.427 e. The zero-order valence-corrected chi connectivity index (χ0v) is 7.69. The van der Waals surface area contributed by atoms with Crippen molar-refractivity contribution in [1.29, 1.82) is 0 Å². The Morgan fingerprint density at radius 2 is 1.67 bits per heavy atom. The zero-order valence-electron chi connectivity index (χ0n) is 7.69. The van der Waals surface area contributed by atoms with E-state index in [0.29, 0.717) is 19.6 Å². The first-order valence-corrected chi connectivity index (χ1v) is 4.30. The van der Waals surface area contributed by atoms with Crippen molar-refractivity contribution < 1.29 is 19.5 Å². The van der Waals surface area contributed by atoms with Gasteiger partial charge in [0.2, 0.25) is 0 Å². The van der Waals surface area contributed by atoms with E-state index in [4.69, 9.17) is 19.5 Å². The van der Waals surface area contributed by atoms with Crippen LogP contribution in [0.2, 0.25) is 6.32 Å². The van der Waals surface area contributed by atoms with Crippen LogP contribution in [0.1, 0.15) is 20.3 Å². The van der Waals surface area contributed by atoms with Crippen molar-refractivity contribution in [1.82, 2.24) is 0 Å². The van der Waals surface area contributed by atoms with Gasteiger partial charge in [-0.2, -0.15) is 0 Å². The Hall–Kier alpha value is -0.0951. The summed E-state index contributed by atoms with van der Waals surface area (Å²) in [4.78, 5) is 0. The van der Waals surface area contributed by atoms with E-state index in [0.717, 1.165) is 0 Å². The van der Waals surface area contributed by atoms with Gasteiger partial charge < -0.3 is 19.5 Å². The Balaban J connectivity index is 3.48. The molecule has 0 aliphatic rings. The summed E-state index contributed by atoms with van der Waals surface area (Å²) in [5.41, 5.74) is 0. The third kappa shape index (κ3) is 6.60. The van der Waals surface area contributed by atoms with E-state index in [1.165, 1.54) is 0 Å². The first kappa shape index (κ1) is 11.9. The van der Waals surface area contributed by atoms with Crippen molar-refractivity contribution in [3.8, 4) is 0 Å². The molecule has 0 aliphatic heterocycles. The molecule has 0 aromatic carbocycles. The molecule has 0 fully saturated rings. The predicted molar refractivity (Wildman–Crippen MR) is 46.7 cm³/mol. The number of rotatable bonds is 7. The Morgan fingerprint density at radius 3 is 2.00 bits per heavy atom. The van der Waals surface area contributed by atoms with E-state index >= 15 is 0 Å². The van der Waals surface area contributed by atoms with Gasteiger partial charge in [-0.1, -0.05) is 0 Å². The molecule has 0 saturated carbocycles. The van der Waals surface area contributed by atoms with E-state index in [9.17, 15) is 0 Å². The van der Waals surface area contributed by atoms with Gasteiger partial charge in [-0.05, 0) is 26.6 Å². The van der Waals surface area contributed by atoms with Crippen LogP contribution in [0, 0.1) is 0 Å². The first-order chi connectivity index (χ1) is 5.70. The smallest absolute Gasteiger partial charge is 0.427 e. The van der Waals surface area contributed by atoms with Crippen molar-refractivity contribution in [3.63, 3.8) is 0 Å². The van der Waals surface area contributed by atoms with Crippen LogP contribution in [0.5, 0.6) is 0 Å². The topological polar surface area (TPSA) is 58.9 Å². The summed E-state index contributed by atoms with van der Waals surface area (Å²) in [6, 6.07) is 0. The molecule has 0 unspecified atom stereocenters. The molecular formula is C7H17BO4. The molecule has 0 aromatic rings. The molecule has 0 bridgehead atoms. The molecule has 2 N–H and O–H groups in total. The average Bonchev–Trinajstić information content (AvgIpc) is 2.01. The molecule has 5 heteroatoms. The Kier molecular flexibility index (Phi) is 7.49. The first-order valence-electron chi connectivity index (χ1n) is 4.30. The molecule has 12 heavy (non-hydrogen) atoms. The van der Waals surface area contributed by atoms with Gasteiger partial charge in [0.25, 0.3) is 0 Å². The summed E-state index contributed by atoms with van der Waals surface area (Å²) < 4.78 is 10.4. The maximum absolute atomic E-state index is 8.58. The van der Waals surface area contributed by atoms with E-state index in [-0.39, 0.29) is 12.6 Å². The van der Waals surface area contributed by atoms with Gasteiger partial charge in [0.1, 0.15) is 0 Å². The number of ether oxygens (including phenoxy) is 2. The minimum absolute atomic E-state index is 0.282. The van der Waals surface area contributed by atoms with Gasteiger partial charge in [0.05, 0.1) is 0 Å². The molecule has 0 spiro atoms. The Labute approximate surface area is 73.6 Å². The van der Waals surface area contributed by atoms with E-state index in [1.54, 1.807) is 0 Å². The normalized spacial score (nSPS) is 10.8. The minimum atomic E-state index is -1.27. The lowest BCUT2D eigenvalue weighted by Gasteiger charge is -2.16. The third-order valence-corrected chi connectivity index (χ3v) is 1.37. The van der Waals surface area contributed by atoms with Gasteiger partial charge in [0.15, 0.2) is 6.29 Å². The van der Waals surface area contributed by atoms with E-state index in [1.807, 2.05) is 13.8 Å². The standard InChI is InChI=1S/C7H17BO4/c1-3-11-7(12-4-2)5-6-8(9)10/h7,9-10H,3-6H2,1-2H3. The highest BCUT2D eigenvalue weighted by Gasteiger charge is 2.13. The fourth-order valence-electron chi connectivity index (χ4n) is 0.872. The van der Waals surface area contributed by atoms with Crippen LogP contribution < -0.4 is 0 Å². The van der Waals surface area contributed by atoms with Crippen molar-refractivity contribution >= 4 is 7.12 Å². The summed E-state index contributed by atoms with van der Waals surface area (Å²) in [6.45, 7) is 4.90. The highest BCUT2D eigenvalue weighted by Crippen LogP contribution is 2.05. The van der Waals surface area contributed by atoms with Crippen molar-refractivity contribution in [2.24, 2.45) is 0 Å². The van der Waals surface area contributed by atoms with Crippen LogP contribution in [-0.2, 0) is 9.47 Å². The SMILES string of the molecule is CCOC(CCB(O)O)OCC. The lowest BCUT2D eigenvalue weighted by atomic mass is 9.84. The number of hydrogen-bond acceptors (Lipinski definition) is 4. The second-order valence-corrected chi connectivity index (χ2v) is 2.40. The van der Waals surface area contributed by atoms with Crippen LogP contribution in [-0.4, -0.2) is 36.7 Å². The van der Waals surface area contributed by atoms with Crippen molar-refractivity contribution in [2.45, 2.75) is 32.9 Å². The van der Waals surface area contributed by atoms with Crippen LogP contribution in [0.4, 0.5) is 0 Å². The van der Waals surface area contributed by atoms with Crippen LogP contribution in [0.15, 0.2) is 0 Å². The molecule has 0 saturated heterocycles. The van der Waals surface area contributed by atoms with Gasteiger partial charge in [-0.3, -0.25) is 0 Å².